The van der Waals surface area contributed by atoms with Crippen molar-refractivity contribution in [3.05, 3.63) is 12.5 Å². The number of nitrogens with one attached hydrogen (secondary N) is 1. The number of carbonyl (C=O) groups excluding carboxylic acids is 1. The number of hydrogen-bond donors (Lipinski definition) is 1. The SMILES string of the molecule is Cn1cnc(S(=O)(=O)N2CC[C@H]3CC(=O)NCC[C@H]3C2)c1. The molecule has 1 amide bonds. The van der Waals surface area contributed by atoms with Crippen molar-refractivity contribution >= 4 is 15.9 Å². The molecule has 2 fully saturated rings. The predicted molar refractivity (Wildman–Crippen MR) is 75.8 cm³/mol. The summed E-state index contributed by atoms with van der Waals surface area (Å²) in [6.45, 7) is 1.59. The molecular formula is C13H20N4O3S. The second-order valence-electron chi connectivity index (χ2n) is 5.89. The van der Waals surface area contributed by atoms with Crippen molar-refractivity contribution in [3.63, 3.8) is 0 Å². The zero-order chi connectivity index (χ0) is 15.0. The number of sulfonamides is 1. The molecule has 0 aliphatic carbocycles. The maximum absolute atomic E-state index is 12.6. The van der Waals surface area contributed by atoms with Gasteiger partial charge in [0.1, 0.15) is 0 Å². The monoisotopic (exact) mass is 312 g/mol. The standard InChI is InChI=1S/C13H20N4O3S/c1-16-8-13(15-9-16)21(19,20)17-5-3-10-6-12(18)14-4-2-11(10)7-17/h8-11H,2-7H2,1H3,(H,14,18)/t10-,11-/m0/s1. The summed E-state index contributed by atoms with van der Waals surface area (Å²) in [7, 11) is -1.77. The van der Waals surface area contributed by atoms with Crippen molar-refractivity contribution in [3.8, 4) is 0 Å². The largest absolute Gasteiger partial charge is 0.356 e. The summed E-state index contributed by atoms with van der Waals surface area (Å²) < 4.78 is 28.3. The van der Waals surface area contributed by atoms with Gasteiger partial charge in [0.2, 0.25) is 5.91 Å². The average molecular weight is 312 g/mol. The fourth-order valence-corrected chi connectivity index (χ4v) is 4.70. The van der Waals surface area contributed by atoms with Crippen molar-refractivity contribution in [1.29, 1.82) is 0 Å². The molecule has 3 rings (SSSR count). The fraction of sp³-hybridized carbons (Fsp3) is 0.692. The van der Waals surface area contributed by atoms with Gasteiger partial charge in [0, 0.05) is 39.3 Å². The molecule has 7 nitrogen and oxygen atoms in total. The maximum atomic E-state index is 12.6. The van der Waals surface area contributed by atoms with Crippen molar-refractivity contribution in [1.82, 2.24) is 19.2 Å². The second-order valence-corrected chi connectivity index (χ2v) is 7.78. The summed E-state index contributed by atoms with van der Waals surface area (Å²) >= 11 is 0. The van der Waals surface area contributed by atoms with Crippen molar-refractivity contribution in [2.45, 2.75) is 24.3 Å². The summed E-state index contributed by atoms with van der Waals surface area (Å²) in [4.78, 5) is 15.5. The number of nitrogens with zero attached hydrogens (tertiary/aromatic N) is 3. The van der Waals surface area contributed by atoms with Gasteiger partial charge in [0.25, 0.3) is 10.0 Å². The number of rotatable bonds is 2. The van der Waals surface area contributed by atoms with Gasteiger partial charge in [0.05, 0.1) is 6.33 Å². The average Bonchev–Trinajstić information content (AvgIpc) is 2.79. The molecule has 0 radical (unpaired) electrons. The summed E-state index contributed by atoms with van der Waals surface area (Å²) in [6, 6.07) is 0. The topological polar surface area (TPSA) is 84.3 Å². The van der Waals surface area contributed by atoms with Gasteiger partial charge >= 0.3 is 0 Å². The molecule has 0 aromatic carbocycles. The molecule has 2 aliphatic heterocycles. The quantitative estimate of drug-likeness (QED) is 0.830. The first-order chi connectivity index (χ1) is 9.96. The van der Waals surface area contributed by atoms with E-state index in [1.54, 1.807) is 11.6 Å². The van der Waals surface area contributed by atoms with E-state index in [4.69, 9.17) is 0 Å². The summed E-state index contributed by atoms with van der Waals surface area (Å²) in [5.41, 5.74) is 0. The number of amides is 1. The molecule has 2 atom stereocenters. The number of aromatic nitrogens is 2. The van der Waals surface area contributed by atoms with E-state index in [9.17, 15) is 13.2 Å². The number of piperidine rings is 1. The highest BCUT2D eigenvalue weighted by molar-refractivity contribution is 7.89. The Bertz CT molecular complexity index is 640. The molecule has 21 heavy (non-hydrogen) atoms. The lowest BCUT2D eigenvalue weighted by atomic mass is 9.83. The lowest BCUT2D eigenvalue weighted by Crippen LogP contribution is -2.43. The van der Waals surface area contributed by atoms with E-state index in [0.29, 0.717) is 32.0 Å². The molecule has 8 heteroatoms. The zero-order valence-electron chi connectivity index (χ0n) is 12.0. The molecular weight excluding hydrogens is 292 g/mol. The summed E-state index contributed by atoms with van der Waals surface area (Å²) in [6.07, 6.45) is 5.12. The van der Waals surface area contributed by atoms with Crippen LogP contribution in [0.1, 0.15) is 19.3 Å². The number of carbonyl (C=O) groups is 1. The maximum Gasteiger partial charge on any atom is 0.262 e. The minimum atomic E-state index is -3.52. The minimum absolute atomic E-state index is 0.0866. The van der Waals surface area contributed by atoms with Gasteiger partial charge in [-0.05, 0) is 24.7 Å². The third-order valence-corrected chi connectivity index (χ3v) is 6.18. The van der Waals surface area contributed by atoms with E-state index in [1.807, 2.05) is 0 Å². The van der Waals surface area contributed by atoms with Crippen LogP contribution >= 0.6 is 0 Å². The first-order valence-corrected chi connectivity index (χ1v) is 8.65. The van der Waals surface area contributed by atoms with Crippen molar-refractivity contribution in [2.24, 2.45) is 18.9 Å². The highest BCUT2D eigenvalue weighted by Crippen LogP contribution is 2.32. The van der Waals surface area contributed by atoms with E-state index in [2.05, 4.69) is 10.3 Å². The predicted octanol–water partition coefficient (Wildman–Crippen LogP) is -0.0431. The molecule has 0 spiro atoms. The van der Waals surface area contributed by atoms with Gasteiger partial charge in [-0.25, -0.2) is 13.4 Å². The molecule has 2 saturated heterocycles. The molecule has 0 unspecified atom stereocenters. The van der Waals surface area contributed by atoms with Crippen LogP contribution in [0.2, 0.25) is 0 Å². The molecule has 3 heterocycles. The van der Waals surface area contributed by atoms with Crippen molar-refractivity contribution in [2.75, 3.05) is 19.6 Å². The molecule has 116 valence electrons. The van der Waals surface area contributed by atoms with Gasteiger partial charge in [-0.15, -0.1) is 0 Å². The van der Waals surface area contributed by atoms with Crippen LogP contribution in [0, 0.1) is 11.8 Å². The van der Waals surface area contributed by atoms with E-state index >= 15 is 0 Å². The van der Waals surface area contributed by atoms with Crippen LogP contribution in [0.3, 0.4) is 0 Å². The zero-order valence-corrected chi connectivity index (χ0v) is 12.8. The second kappa shape index (κ2) is 5.42. The van der Waals surface area contributed by atoms with Crippen LogP contribution < -0.4 is 5.32 Å². The Morgan fingerprint density at radius 1 is 1.33 bits per heavy atom. The van der Waals surface area contributed by atoms with Gasteiger partial charge in [-0.3, -0.25) is 4.79 Å². The Morgan fingerprint density at radius 3 is 2.86 bits per heavy atom. The highest BCUT2D eigenvalue weighted by atomic mass is 32.2. The Labute approximate surface area is 124 Å². The first-order valence-electron chi connectivity index (χ1n) is 7.21. The smallest absolute Gasteiger partial charge is 0.262 e. The van der Waals surface area contributed by atoms with Gasteiger partial charge in [-0.2, -0.15) is 4.31 Å². The summed E-state index contributed by atoms with van der Waals surface area (Å²) in [5, 5.41) is 2.97. The van der Waals surface area contributed by atoms with Crippen LogP contribution in [-0.2, 0) is 21.9 Å². The Kier molecular flexibility index (Phi) is 3.75. The van der Waals surface area contributed by atoms with Crippen LogP contribution in [0.25, 0.3) is 0 Å². The van der Waals surface area contributed by atoms with Gasteiger partial charge in [-0.1, -0.05) is 0 Å². The summed E-state index contributed by atoms with van der Waals surface area (Å²) in [5.74, 6) is 0.627. The first kappa shape index (κ1) is 14.5. The Hall–Kier alpha value is -1.41. The van der Waals surface area contributed by atoms with E-state index in [0.717, 1.165) is 12.8 Å². The Balaban J connectivity index is 1.78. The number of aryl methyl sites for hydroxylation is 1. The molecule has 1 N–H and O–H groups in total. The molecule has 0 saturated carbocycles. The lowest BCUT2D eigenvalue weighted by molar-refractivity contribution is -0.121. The number of imidazole rings is 1. The van der Waals surface area contributed by atoms with E-state index in [1.165, 1.54) is 16.8 Å². The number of hydrogen-bond acceptors (Lipinski definition) is 4. The minimum Gasteiger partial charge on any atom is -0.356 e. The van der Waals surface area contributed by atoms with Crippen molar-refractivity contribution < 1.29 is 13.2 Å². The van der Waals surface area contributed by atoms with E-state index < -0.39 is 10.0 Å². The van der Waals surface area contributed by atoms with E-state index in [-0.39, 0.29) is 16.9 Å². The van der Waals surface area contributed by atoms with Gasteiger partial charge < -0.3 is 9.88 Å². The normalized spacial score (nSPS) is 27.8. The van der Waals surface area contributed by atoms with Crippen LogP contribution in [-0.4, -0.2) is 47.8 Å². The van der Waals surface area contributed by atoms with Gasteiger partial charge in [0.15, 0.2) is 5.03 Å². The van der Waals surface area contributed by atoms with Crippen LogP contribution in [0.4, 0.5) is 0 Å². The highest BCUT2D eigenvalue weighted by Gasteiger charge is 2.38. The Morgan fingerprint density at radius 2 is 2.14 bits per heavy atom. The van der Waals surface area contributed by atoms with Crippen LogP contribution in [0.15, 0.2) is 17.6 Å². The molecule has 0 bridgehead atoms. The number of fused-ring (bicyclic) bond motifs is 1. The molecule has 1 aromatic rings. The molecule has 1 aromatic heterocycles. The van der Waals surface area contributed by atoms with Crippen LogP contribution in [0.5, 0.6) is 0 Å². The third-order valence-electron chi connectivity index (χ3n) is 4.42. The lowest BCUT2D eigenvalue weighted by Gasteiger charge is -2.36. The fourth-order valence-electron chi connectivity index (χ4n) is 3.22. The molecule has 2 aliphatic rings. The third kappa shape index (κ3) is 2.82.